The lowest BCUT2D eigenvalue weighted by Gasteiger charge is -2.01. The fourth-order valence-electron chi connectivity index (χ4n) is 2.01. The van der Waals surface area contributed by atoms with Crippen LogP contribution in [0.4, 0.5) is 5.82 Å². The Morgan fingerprint density at radius 2 is 2.05 bits per heavy atom. The second-order valence-corrected chi connectivity index (χ2v) is 4.34. The van der Waals surface area contributed by atoms with Crippen LogP contribution in [0.5, 0.6) is 5.88 Å². The summed E-state index contributed by atoms with van der Waals surface area (Å²) in [6.07, 6.45) is 1.91. The van der Waals surface area contributed by atoms with Crippen LogP contribution in [0.2, 0.25) is 0 Å². The van der Waals surface area contributed by atoms with Gasteiger partial charge in [-0.2, -0.15) is 0 Å². The molecule has 0 radical (unpaired) electrons. The lowest BCUT2D eigenvalue weighted by molar-refractivity contribution is 0.398. The summed E-state index contributed by atoms with van der Waals surface area (Å²) in [6.45, 7) is 2.02. The molecular formula is C14H14N4O. The maximum absolute atomic E-state index is 6.13. The van der Waals surface area contributed by atoms with Crippen molar-refractivity contribution in [3.05, 3.63) is 42.1 Å². The average molecular weight is 254 g/mol. The molecule has 0 atom stereocenters. The first-order valence-electron chi connectivity index (χ1n) is 5.94. The summed E-state index contributed by atoms with van der Waals surface area (Å²) in [5.74, 6) is 1.13. The highest BCUT2D eigenvalue weighted by Gasteiger charge is 2.12. The number of anilines is 1. The molecule has 3 aromatic rings. The molecular weight excluding hydrogens is 240 g/mol. The van der Waals surface area contributed by atoms with E-state index in [4.69, 9.17) is 10.5 Å². The zero-order chi connectivity index (χ0) is 13.4. The van der Waals surface area contributed by atoms with Gasteiger partial charge in [-0.1, -0.05) is 6.07 Å². The minimum absolute atomic E-state index is 0.546. The van der Waals surface area contributed by atoms with Crippen LogP contribution in [0.25, 0.3) is 17.0 Å². The quantitative estimate of drug-likeness (QED) is 0.762. The Morgan fingerprint density at radius 1 is 1.21 bits per heavy atom. The number of nitrogens with zero attached hydrogens (tertiary/aromatic N) is 3. The third-order valence-electron chi connectivity index (χ3n) is 2.99. The third kappa shape index (κ3) is 1.89. The van der Waals surface area contributed by atoms with Crippen molar-refractivity contribution in [2.75, 3.05) is 12.8 Å². The Balaban J connectivity index is 2.21. The van der Waals surface area contributed by atoms with Crippen molar-refractivity contribution >= 4 is 11.5 Å². The molecule has 0 aromatic carbocycles. The molecule has 3 heterocycles. The second kappa shape index (κ2) is 4.28. The van der Waals surface area contributed by atoms with Crippen molar-refractivity contribution < 1.29 is 4.74 Å². The molecule has 3 aromatic heterocycles. The lowest BCUT2D eigenvalue weighted by Crippen LogP contribution is -1.95. The first-order chi connectivity index (χ1) is 9.19. The van der Waals surface area contributed by atoms with Crippen molar-refractivity contribution in [1.82, 2.24) is 14.4 Å². The molecule has 3 rings (SSSR count). The van der Waals surface area contributed by atoms with Crippen molar-refractivity contribution in [2.45, 2.75) is 6.92 Å². The zero-order valence-corrected chi connectivity index (χ0v) is 10.8. The maximum atomic E-state index is 6.13. The first-order valence-corrected chi connectivity index (χ1v) is 5.94. The number of aryl methyl sites for hydroxylation is 1. The fourth-order valence-corrected chi connectivity index (χ4v) is 2.01. The molecule has 0 bridgehead atoms. The van der Waals surface area contributed by atoms with Gasteiger partial charge in [0.2, 0.25) is 5.88 Å². The van der Waals surface area contributed by atoms with Crippen LogP contribution in [0.15, 0.2) is 36.5 Å². The summed E-state index contributed by atoms with van der Waals surface area (Å²) in [5.41, 5.74) is 9.47. The van der Waals surface area contributed by atoms with Crippen molar-refractivity contribution in [3.63, 3.8) is 0 Å². The predicted molar refractivity (Wildman–Crippen MR) is 74.1 cm³/mol. The number of nitrogen functional groups attached to an aromatic ring is 1. The van der Waals surface area contributed by atoms with Crippen LogP contribution < -0.4 is 10.5 Å². The highest BCUT2D eigenvalue weighted by atomic mass is 16.5. The lowest BCUT2D eigenvalue weighted by atomic mass is 10.3. The molecule has 0 saturated heterocycles. The van der Waals surface area contributed by atoms with Gasteiger partial charge in [0.15, 0.2) is 0 Å². The Morgan fingerprint density at radius 3 is 2.84 bits per heavy atom. The molecule has 0 saturated carbocycles. The molecule has 5 heteroatoms. The molecule has 0 aliphatic carbocycles. The van der Waals surface area contributed by atoms with E-state index in [0.717, 1.165) is 11.2 Å². The molecule has 0 aliphatic heterocycles. The van der Waals surface area contributed by atoms with Crippen LogP contribution in [-0.2, 0) is 0 Å². The second-order valence-electron chi connectivity index (χ2n) is 4.34. The van der Waals surface area contributed by atoms with Gasteiger partial charge in [0, 0.05) is 12.3 Å². The van der Waals surface area contributed by atoms with Gasteiger partial charge in [0.1, 0.15) is 17.2 Å². The van der Waals surface area contributed by atoms with E-state index < -0.39 is 0 Å². The topological polar surface area (TPSA) is 65.4 Å². The molecule has 96 valence electrons. The zero-order valence-electron chi connectivity index (χ0n) is 10.8. The Kier molecular flexibility index (Phi) is 2.59. The molecule has 0 spiro atoms. The maximum Gasteiger partial charge on any atom is 0.213 e. The predicted octanol–water partition coefficient (Wildman–Crippen LogP) is 2.30. The van der Waals surface area contributed by atoms with Gasteiger partial charge < -0.3 is 10.5 Å². The minimum Gasteiger partial charge on any atom is -0.481 e. The molecule has 0 unspecified atom stereocenters. The number of aromatic nitrogens is 3. The van der Waals surface area contributed by atoms with E-state index in [-0.39, 0.29) is 0 Å². The number of methoxy groups -OCH3 is 1. The van der Waals surface area contributed by atoms with Gasteiger partial charge in [-0.3, -0.25) is 4.40 Å². The summed E-state index contributed by atoms with van der Waals surface area (Å²) in [6, 6.07) is 9.51. The molecule has 0 aliphatic rings. The van der Waals surface area contributed by atoms with E-state index >= 15 is 0 Å². The number of nitrogens with two attached hydrogens (primary N) is 1. The number of rotatable bonds is 2. The number of pyridine rings is 2. The summed E-state index contributed by atoms with van der Waals surface area (Å²) < 4.78 is 6.97. The van der Waals surface area contributed by atoms with Crippen molar-refractivity contribution in [1.29, 1.82) is 0 Å². The van der Waals surface area contributed by atoms with Gasteiger partial charge in [0.25, 0.3) is 0 Å². The largest absolute Gasteiger partial charge is 0.481 e. The number of hydrogen-bond donors (Lipinski definition) is 1. The average Bonchev–Trinajstić information content (AvgIpc) is 2.75. The number of imidazole rings is 1. The Bertz CT molecular complexity index is 748. The van der Waals surface area contributed by atoms with E-state index in [1.165, 1.54) is 0 Å². The smallest absolute Gasteiger partial charge is 0.213 e. The normalized spacial score (nSPS) is 10.8. The van der Waals surface area contributed by atoms with Crippen LogP contribution >= 0.6 is 0 Å². The summed E-state index contributed by atoms with van der Waals surface area (Å²) in [5, 5.41) is 0. The van der Waals surface area contributed by atoms with E-state index in [9.17, 15) is 0 Å². The van der Waals surface area contributed by atoms with Crippen molar-refractivity contribution in [3.8, 4) is 17.3 Å². The standard InChI is InChI=1S/C14H14N4O/c1-9-6-7-18-11(8-9)17-13(14(18)15)10-4-3-5-12(16-10)19-2/h3-8H,15H2,1-2H3. The third-order valence-corrected chi connectivity index (χ3v) is 2.99. The van der Waals surface area contributed by atoms with Gasteiger partial charge in [0.05, 0.1) is 12.8 Å². The van der Waals surface area contributed by atoms with Gasteiger partial charge in [-0.05, 0) is 30.7 Å². The van der Waals surface area contributed by atoms with E-state index in [1.807, 2.05) is 41.8 Å². The van der Waals surface area contributed by atoms with E-state index in [0.29, 0.717) is 23.1 Å². The molecule has 0 amide bonds. The van der Waals surface area contributed by atoms with E-state index in [1.54, 1.807) is 13.2 Å². The monoisotopic (exact) mass is 254 g/mol. The molecule has 19 heavy (non-hydrogen) atoms. The first kappa shape index (κ1) is 11.5. The summed E-state index contributed by atoms with van der Waals surface area (Å²) in [7, 11) is 1.59. The fraction of sp³-hybridized carbons (Fsp3) is 0.143. The summed E-state index contributed by atoms with van der Waals surface area (Å²) >= 11 is 0. The van der Waals surface area contributed by atoms with Crippen LogP contribution in [-0.4, -0.2) is 21.5 Å². The van der Waals surface area contributed by atoms with Gasteiger partial charge >= 0.3 is 0 Å². The number of ether oxygens (including phenoxy) is 1. The van der Waals surface area contributed by atoms with Crippen LogP contribution in [0, 0.1) is 6.92 Å². The minimum atomic E-state index is 0.546. The van der Waals surface area contributed by atoms with Gasteiger partial charge in [-0.25, -0.2) is 9.97 Å². The molecule has 5 nitrogen and oxygen atoms in total. The van der Waals surface area contributed by atoms with E-state index in [2.05, 4.69) is 9.97 Å². The number of hydrogen-bond acceptors (Lipinski definition) is 4. The SMILES string of the molecule is COc1cccc(-c2nc3cc(C)ccn3c2N)n1. The highest BCUT2D eigenvalue weighted by Crippen LogP contribution is 2.26. The van der Waals surface area contributed by atoms with Crippen LogP contribution in [0.3, 0.4) is 0 Å². The summed E-state index contributed by atoms with van der Waals surface area (Å²) in [4.78, 5) is 8.90. The molecule has 0 fully saturated rings. The highest BCUT2D eigenvalue weighted by molar-refractivity contribution is 5.72. The number of fused-ring (bicyclic) bond motifs is 1. The molecule has 2 N–H and O–H groups in total. The Hall–Kier alpha value is -2.56. The van der Waals surface area contributed by atoms with Crippen LogP contribution in [0.1, 0.15) is 5.56 Å². The van der Waals surface area contributed by atoms with Crippen molar-refractivity contribution in [2.24, 2.45) is 0 Å². The van der Waals surface area contributed by atoms with Gasteiger partial charge in [-0.15, -0.1) is 0 Å². The Labute approximate surface area is 110 Å².